The summed E-state index contributed by atoms with van der Waals surface area (Å²) in [5.41, 5.74) is 4.41. The maximum absolute atomic E-state index is 13.1. The SMILES string of the molecule is COc1ccc(/C=C/C(=O)NNC(=O)c2cc(Oc3ccc(NC(=O)Nc4ccc(Cl)c(C(F)(F)F)c4)cc3)ccn2)cc1. The lowest BCUT2D eigenvalue weighted by molar-refractivity contribution is -0.137. The van der Waals surface area contributed by atoms with Crippen LogP contribution in [0.1, 0.15) is 21.6 Å². The number of anilines is 2. The summed E-state index contributed by atoms with van der Waals surface area (Å²) in [4.78, 5) is 40.8. The summed E-state index contributed by atoms with van der Waals surface area (Å²) < 4.78 is 50.0. The number of rotatable bonds is 8. The van der Waals surface area contributed by atoms with E-state index in [9.17, 15) is 27.6 Å². The average molecular weight is 626 g/mol. The van der Waals surface area contributed by atoms with Crippen molar-refractivity contribution >= 4 is 46.9 Å². The highest BCUT2D eigenvalue weighted by atomic mass is 35.5. The number of benzene rings is 3. The lowest BCUT2D eigenvalue weighted by Crippen LogP contribution is -2.41. The Morgan fingerprint density at radius 1 is 0.818 bits per heavy atom. The van der Waals surface area contributed by atoms with Gasteiger partial charge in [-0.1, -0.05) is 23.7 Å². The molecule has 4 N–H and O–H groups in total. The van der Waals surface area contributed by atoms with E-state index in [2.05, 4.69) is 26.5 Å². The predicted molar refractivity (Wildman–Crippen MR) is 157 cm³/mol. The number of pyridine rings is 1. The molecule has 44 heavy (non-hydrogen) atoms. The van der Waals surface area contributed by atoms with Crippen LogP contribution in [0.25, 0.3) is 6.08 Å². The Labute approximate surface area is 253 Å². The maximum Gasteiger partial charge on any atom is 0.417 e. The lowest BCUT2D eigenvalue weighted by Gasteiger charge is -2.12. The Morgan fingerprint density at radius 2 is 1.48 bits per heavy atom. The lowest BCUT2D eigenvalue weighted by atomic mass is 10.2. The standard InChI is InChI=1S/C30H23ClF3N5O5/c1-43-21-8-2-18(3-9-21)4-13-27(40)38-39-28(41)26-17-23(14-15-35-26)44-22-10-5-19(6-11-22)36-29(42)37-20-7-12-25(31)24(16-20)30(32,33)34/h2-17H,1H3,(H,38,40)(H,39,41)(H2,36,37,42)/b13-4+. The zero-order valence-corrected chi connectivity index (χ0v) is 23.5. The van der Waals surface area contributed by atoms with Gasteiger partial charge in [-0.25, -0.2) is 4.79 Å². The van der Waals surface area contributed by atoms with Crippen molar-refractivity contribution in [2.24, 2.45) is 0 Å². The van der Waals surface area contributed by atoms with Gasteiger partial charge in [0.2, 0.25) is 0 Å². The molecular formula is C30H23ClF3N5O5. The van der Waals surface area contributed by atoms with Gasteiger partial charge in [0.1, 0.15) is 22.9 Å². The molecule has 4 aromatic rings. The molecule has 0 aliphatic rings. The van der Waals surface area contributed by atoms with Crippen molar-refractivity contribution < 1.29 is 37.0 Å². The molecule has 0 saturated heterocycles. The van der Waals surface area contributed by atoms with E-state index in [0.717, 1.165) is 17.7 Å². The van der Waals surface area contributed by atoms with Gasteiger partial charge in [0.05, 0.1) is 17.7 Å². The molecule has 0 spiro atoms. The number of methoxy groups -OCH3 is 1. The van der Waals surface area contributed by atoms with Crippen LogP contribution in [0.3, 0.4) is 0 Å². The van der Waals surface area contributed by atoms with Crippen LogP contribution in [0, 0.1) is 0 Å². The highest BCUT2D eigenvalue weighted by Crippen LogP contribution is 2.36. The van der Waals surface area contributed by atoms with E-state index in [1.165, 1.54) is 54.7 Å². The molecule has 14 heteroatoms. The van der Waals surface area contributed by atoms with Crippen molar-refractivity contribution in [2.75, 3.05) is 17.7 Å². The third-order valence-corrected chi connectivity index (χ3v) is 6.01. The van der Waals surface area contributed by atoms with E-state index in [1.54, 1.807) is 37.5 Å². The molecule has 0 radical (unpaired) electrons. The number of alkyl halides is 3. The molecule has 0 aliphatic carbocycles. The van der Waals surface area contributed by atoms with Crippen LogP contribution in [0.15, 0.2) is 91.1 Å². The summed E-state index contributed by atoms with van der Waals surface area (Å²) in [5.74, 6) is 0.0341. The van der Waals surface area contributed by atoms with Crippen molar-refractivity contribution in [2.45, 2.75) is 6.18 Å². The molecular weight excluding hydrogens is 603 g/mol. The van der Waals surface area contributed by atoms with Gasteiger partial charge in [-0.3, -0.25) is 25.4 Å². The first-order valence-electron chi connectivity index (χ1n) is 12.6. The quantitative estimate of drug-likeness (QED) is 0.128. The summed E-state index contributed by atoms with van der Waals surface area (Å²) in [5, 5.41) is 4.33. The second-order valence-electron chi connectivity index (χ2n) is 8.82. The monoisotopic (exact) mass is 625 g/mol. The van der Waals surface area contributed by atoms with Crippen LogP contribution in [-0.4, -0.2) is 29.9 Å². The van der Waals surface area contributed by atoms with Crippen molar-refractivity contribution in [1.29, 1.82) is 0 Å². The van der Waals surface area contributed by atoms with Crippen molar-refractivity contribution in [3.8, 4) is 17.2 Å². The summed E-state index contributed by atoms with van der Waals surface area (Å²) >= 11 is 5.60. The molecule has 0 fully saturated rings. The summed E-state index contributed by atoms with van der Waals surface area (Å²) in [7, 11) is 1.55. The van der Waals surface area contributed by atoms with Crippen LogP contribution in [0.5, 0.6) is 17.2 Å². The van der Waals surface area contributed by atoms with E-state index in [1.807, 2.05) is 0 Å². The number of nitrogens with zero attached hydrogens (tertiary/aromatic N) is 1. The van der Waals surface area contributed by atoms with Gasteiger partial charge in [0, 0.05) is 29.7 Å². The Hall–Kier alpha value is -5.56. The first kappa shape index (κ1) is 31.4. The zero-order valence-electron chi connectivity index (χ0n) is 22.7. The van der Waals surface area contributed by atoms with Gasteiger partial charge in [-0.15, -0.1) is 0 Å². The first-order valence-corrected chi connectivity index (χ1v) is 13.0. The van der Waals surface area contributed by atoms with E-state index in [4.69, 9.17) is 21.1 Å². The molecule has 4 amide bonds. The summed E-state index contributed by atoms with van der Waals surface area (Å²) in [6.45, 7) is 0. The van der Waals surface area contributed by atoms with E-state index < -0.39 is 34.6 Å². The first-order chi connectivity index (χ1) is 21.0. The minimum absolute atomic E-state index is 0.0345. The number of hydrogen-bond acceptors (Lipinski definition) is 6. The topological polar surface area (TPSA) is 131 Å². The van der Waals surface area contributed by atoms with Crippen molar-refractivity contribution in [1.82, 2.24) is 15.8 Å². The molecule has 1 heterocycles. The van der Waals surface area contributed by atoms with Crippen LogP contribution in [-0.2, 0) is 11.0 Å². The molecule has 226 valence electrons. The fourth-order valence-corrected chi connectivity index (χ4v) is 3.79. The van der Waals surface area contributed by atoms with Crippen LogP contribution < -0.4 is 31.0 Å². The van der Waals surface area contributed by atoms with Gasteiger partial charge in [-0.05, 0) is 72.3 Å². The van der Waals surface area contributed by atoms with Gasteiger partial charge in [0.15, 0.2) is 0 Å². The smallest absolute Gasteiger partial charge is 0.417 e. The number of carbonyl (C=O) groups excluding carboxylic acids is 3. The molecule has 10 nitrogen and oxygen atoms in total. The van der Waals surface area contributed by atoms with Gasteiger partial charge in [0.25, 0.3) is 11.8 Å². The number of hydrazine groups is 1. The Balaban J connectivity index is 1.28. The third kappa shape index (κ3) is 8.97. The van der Waals surface area contributed by atoms with Crippen LogP contribution in [0.4, 0.5) is 29.3 Å². The summed E-state index contributed by atoms with van der Waals surface area (Å²) in [6, 6.07) is 18.2. The van der Waals surface area contributed by atoms with E-state index >= 15 is 0 Å². The normalized spacial score (nSPS) is 11.0. The number of nitrogens with one attached hydrogen (secondary N) is 4. The minimum Gasteiger partial charge on any atom is -0.497 e. The minimum atomic E-state index is -4.67. The number of carbonyl (C=O) groups is 3. The Bertz CT molecular complexity index is 1680. The summed E-state index contributed by atoms with van der Waals surface area (Å²) in [6.07, 6.45) is -0.518. The second-order valence-corrected chi connectivity index (χ2v) is 9.23. The molecule has 0 unspecified atom stereocenters. The molecule has 3 aromatic carbocycles. The van der Waals surface area contributed by atoms with Gasteiger partial charge < -0.3 is 20.1 Å². The predicted octanol–water partition coefficient (Wildman–Crippen LogP) is 6.67. The number of amides is 4. The fourth-order valence-electron chi connectivity index (χ4n) is 3.57. The van der Waals surface area contributed by atoms with Crippen molar-refractivity contribution in [3.63, 3.8) is 0 Å². The number of aromatic nitrogens is 1. The van der Waals surface area contributed by atoms with E-state index in [-0.39, 0.29) is 17.1 Å². The Morgan fingerprint density at radius 3 is 2.16 bits per heavy atom. The zero-order chi connectivity index (χ0) is 31.7. The molecule has 0 saturated carbocycles. The van der Waals surface area contributed by atoms with Crippen LogP contribution in [0.2, 0.25) is 5.02 Å². The Kier molecular flexibility index (Phi) is 10.0. The van der Waals surface area contributed by atoms with Crippen molar-refractivity contribution in [3.05, 3.63) is 113 Å². The third-order valence-electron chi connectivity index (χ3n) is 5.68. The molecule has 0 bridgehead atoms. The average Bonchev–Trinajstić information content (AvgIpc) is 3.00. The van der Waals surface area contributed by atoms with E-state index in [0.29, 0.717) is 17.2 Å². The molecule has 0 atom stereocenters. The number of hydrogen-bond donors (Lipinski definition) is 4. The molecule has 0 aliphatic heterocycles. The van der Waals surface area contributed by atoms with Gasteiger partial charge >= 0.3 is 12.2 Å². The highest BCUT2D eigenvalue weighted by molar-refractivity contribution is 6.31. The largest absolute Gasteiger partial charge is 0.497 e. The molecule has 1 aromatic heterocycles. The van der Waals surface area contributed by atoms with Gasteiger partial charge in [-0.2, -0.15) is 13.2 Å². The fraction of sp³-hybridized carbons (Fsp3) is 0.0667. The highest BCUT2D eigenvalue weighted by Gasteiger charge is 2.33. The number of ether oxygens (including phenoxy) is 2. The van der Waals surface area contributed by atoms with Crippen LogP contribution >= 0.6 is 11.6 Å². The maximum atomic E-state index is 13.1. The number of halogens is 4. The number of urea groups is 1. The molecule has 4 rings (SSSR count). The second kappa shape index (κ2) is 14.1.